The molecule has 54 valence electrons. The second-order valence-electron chi connectivity index (χ2n) is 1.78. The van der Waals surface area contributed by atoms with E-state index < -0.39 is 0 Å². The molecule has 0 aliphatic carbocycles. The fraction of sp³-hybridized carbons (Fsp3) is 0.333. The molecule has 0 aliphatic rings. The molecule has 0 aliphatic heterocycles. The van der Waals surface area contributed by atoms with E-state index in [-0.39, 0.29) is 5.91 Å². The molecule has 0 amide bonds. The van der Waals surface area contributed by atoms with E-state index in [1.807, 2.05) is 0 Å². The van der Waals surface area contributed by atoms with E-state index in [2.05, 4.69) is 5.10 Å². The van der Waals surface area contributed by atoms with Crippen LogP contribution in [0.1, 0.15) is 11.2 Å². The third kappa shape index (κ3) is 1.57. The number of halogens is 1. The number of carbonyl (C=O) groups excluding carboxylic acids is 1. The minimum absolute atomic E-state index is 0.0694. The second kappa shape index (κ2) is 3.37. The van der Waals surface area contributed by atoms with Gasteiger partial charge >= 0.3 is 0 Å². The summed E-state index contributed by atoms with van der Waals surface area (Å²) < 4.78 is 1.28. The number of hydrogen-bond acceptors (Lipinski definition) is 2. The van der Waals surface area contributed by atoms with Crippen LogP contribution in [0.2, 0.25) is 0 Å². The molecule has 1 aromatic heterocycles. The summed E-state index contributed by atoms with van der Waals surface area (Å²) in [6.45, 7) is 0. The Kier molecular flexibility index (Phi) is 2.45. The van der Waals surface area contributed by atoms with Crippen molar-refractivity contribution in [3.05, 3.63) is 18.5 Å². The summed E-state index contributed by atoms with van der Waals surface area (Å²) in [6, 6.07) is 1.70. The van der Waals surface area contributed by atoms with Gasteiger partial charge in [-0.2, -0.15) is 5.10 Å². The molecule has 1 aromatic rings. The molecule has 0 N–H and O–H groups in total. The molecule has 0 bridgehead atoms. The summed E-state index contributed by atoms with van der Waals surface area (Å²) in [5.41, 5.74) is 0. The molecule has 0 aromatic carbocycles. The van der Waals surface area contributed by atoms with Gasteiger partial charge in [0.25, 0.3) is 0 Å². The standard InChI is InChI=1S/C6H7ClN2O/c7-3-2-6(10)9-5-1-4-8-9/h1,4-5H,2-3H2. The number of nitrogens with zero attached hydrogens (tertiary/aromatic N) is 2. The topological polar surface area (TPSA) is 34.9 Å². The van der Waals surface area contributed by atoms with Crippen molar-refractivity contribution >= 4 is 17.5 Å². The zero-order valence-electron chi connectivity index (χ0n) is 5.33. The van der Waals surface area contributed by atoms with E-state index in [9.17, 15) is 4.79 Å². The fourth-order valence-electron chi connectivity index (χ4n) is 0.612. The van der Waals surface area contributed by atoms with Crippen molar-refractivity contribution in [2.75, 3.05) is 5.88 Å². The maximum absolute atomic E-state index is 10.9. The van der Waals surface area contributed by atoms with Crippen LogP contribution in [0.4, 0.5) is 0 Å². The molecular formula is C6H7ClN2O. The Bertz CT molecular complexity index is 208. The molecular weight excluding hydrogens is 152 g/mol. The molecule has 0 unspecified atom stereocenters. The van der Waals surface area contributed by atoms with Gasteiger partial charge in [-0.25, -0.2) is 4.68 Å². The summed E-state index contributed by atoms with van der Waals surface area (Å²) in [7, 11) is 0. The first kappa shape index (κ1) is 7.28. The van der Waals surface area contributed by atoms with Gasteiger partial charge < -0.3 is 0 Å². The molecule has 10 heavy (non-hydrogen) atoms. The molecule has 0 saturated heterocycles. The lowest BCUT2D eigenvalue weighted by atomic mass is 10.5. The number of carbonyl (C=O) groups is 1. The number of hydrogen-bond donors (Lipinski definition) is 0. The van der Waals surface area contributed by atoms with Crippen LogP contribution in [0.5, 0.6) is 0 Å². The zero-order chi connectivity index (χ0) is 7.40. The van der Waals surface area contributed by atoms with E-state index in [0.29, 0.717) is 12.3 Å². The van der Waals surface area contributed by atoms with E-state index in [4.69, 9.17) is 11.6 Å². The summed E-state index contributed by atoms with van der Waals surface area (Å²) in [5.74, 6) is 0.276. The van der Waals surface area contributed by atoms with Crippen LogP contribution in [-0.4, -0.2) is 21.6 Å². The van der Waals surface area contributed by atoms with Crippen LogP contribution < -0.4 is 0 Å². The molecule has 0 atom stereocenters. The highest BCUT2D eigenvalue weighted by atomic mass is 35.5. The third-order valence-electron chi connectivity index (χ3n) is 1.07. The average Bonchev–Trinajstić information content (AvgIpc) is 2.38. The van der Waals surface area contributed by atoms with Crippen molar-refractivity contribution in [2.45, 2.75) is 6.42 Å². The molecule has 0 radical (unpaired) electrons. The van der Waals surface area contributed by atoms with Gasteiger partial charge in [0.1, 0.15) is 0 Å². The SMILES string of the molecule is O=C(CCCl)n1cccn1. The van der Waals surface area contributed by atoms with Crippen molar-refractivity contribution in [2.24, 2.45) is 0 Å². The van der Waals surface area contributed by atoms with Gasteiger partial charge in [0, 0.05) is 24.7 Å². The van der Waals surface area contributed by atoms with Crippen LogP contribution >= 0.6 is 11.6 Å². The average molecular weight is 159 g/mol. The smallest absolute Gasteiger partial charge is 0.248 e. The van der Waals surface area contributed by atoms with Crippen molar-refractivity contribution < 1.29 is 4.79 Å². The van der Waals surface area contributed by atoms with Gasteiger partial charge in [-0.1, -0.05) is 0 Å². The van der Waals surface area contributed by atoms with Crippen LogP contribution in [0.3, 0.4) is 0 Å². The molecule has 4 heteroatoms. The monoisotopic (exact) mass is 158 g/mol. The van der Waals surface area contributed by atoms with Crippen molar-refractivity contribution in [1.82, 2.24) is 9.78 Å². The van der Waals surface area contributed by atoms with Gasteiger partial charge in [-0.15, -0.1) is 11.6 Å². The molecule has 0 spiro atoms. The lowest BCUT2D eigenvalue weighted by Gasteiger charge is -1.94. The lowest BCUT2D eigenvalue weighted by Crippen LogP contribution is -2.10. The Morgan fingerprint density at radius 2 is 2.50 bits per heavy atom. The quantitative estimate of drug-likeness (QED) is 0.606. The Morgan fingerprint density at radius 3 is 3.00 bits per heavy atom. The molecule has 1 rings (SSSR count). The van der Waals surface area contributed by atoms with E-state index in [1.54, 1.807) is 18.5 Å². The van der Waals surface area contributed by atoms with Crippen LogP contribution in [0.25, 0.3) is 0 Å². The Balaban J connectivity index is 2.59. The van der Waals surface area contributed by atoms with Gasteiger partial charge in [0.05, 0.1) is 0 Å². The highest BCUT2D eigenvalue weighted by Crippen LogP contribution is 1.91. The van der Waals surface area contributed by atoms with Crippen molar-refractivity contribution in [1.29, 1.82) is 0 Å². The zero-order valence-corrected chi connectivity index (χ0v) is 6.08. The van der Waals surface area contributed by atoms with Crippen LogP contribution in [-0.2, 0) is 0 Å². The molecule has 0 fully saturated rings. The summed E-state index contributed by atoms with van der Waals surface area (Å²) >= 11 is 5.35. The number of alkyl halides is 1. The predicted molar refractivity (Wildman–Crippen MR) is 38.2 cm³/mol. The number of aromatic nitrogens is 2. The maximum atomic E-state index is 10.9. The summed E-state index contributed by atoms with van der Waals surface area (Å²) in [4.78, 5) is 10.9. The van der Waals surface area contributed by atoms with E-state index in [0.717, 1.165) is 0 Å². The normalized spacial score (nSPS) is 9.70. The third-order valence-corrected chi connectivity index (χ3v) is 1.26. The predicted octanol–water partition coefficient (Wildman–Crippen LogP) is 1.15. The molecule has 3 nitrogen and oxygen atoms in total. The maximum Gasteiger partial charge on any atom is 0.248 e. The Labute approximate surface area is 63.6 Å². The minimum Gasteiger partial charge on any atom is -0.273 e. The Morgan fingerprint density at radius 1 is 1.70 bits per heavy atom. The molecule has 0 saturated carbocycles. The summed E-state index contributed by atoms with van der Waals surface area (Å²) in [6.07, 6.45) is 3.50. The highest BCUT2D eigenvalue weighted by Gasteiger charge is 2.01. The van der Waals surface area contributed by atoms with E-state index >= 15 is 0 Å². The lowest BCUT2D eigenvalue weighted by molar-refractivity contribution is 0.0894. The first-order valence-corrected chi connectivity index (χ1v) is 3.47. The van der Waals surface area contributed by atoms with Gasteiger partial charge in [-0.05, 0) is 6.07 Å². The largest absolute Gasteiger partial charge is 0.273 e. The first-order valence-electron chi connectivity index (χ1n) is 2.93. The van der Waals surface area contributed by atoms with Crippen LogP contribution in [0, 0.1) is 0 Å². The number of rotatable bonds is 2. The first-order chi connectivity index (χ1) is 4.84. The van der Waals surface area contributed by atoms with E-state index in [1.165, 1.54) is 4.68 Å². The van der Waals surface area contributed by atoms with Gasteiger partial charge in [0.2, 0.25) is 5.91 Å². The van der Waals surface area contributed by atoms with Gasteiger partial charge in [-0.3, -0.25) is 4.79 Å². The summed E-state index contributed by atoms with van der Waals surface area (Å²) in [5, 5.41) is 3.74. The fourth-order valence-corrected chi connectivity index (χ4v) is 0.773. The Hall–Kier alpha value is -0.830. The van der Waals surface area contributed by atoms with Crippen molar-refractivity contribution in [3.8, 4) is 0 Å². The highest BCUT2D eigenvalue weighted by molar-refractivity contribution is 6.18. The minimum atomic E-state index is -0.0694. The van der Waals surface area contributed by atoms with Crippen LogP contribution in [0.15, 0.2) is 18.5 Å². The van der Waals surface area contributed by atoms with Crippen molar-refractivity contribution in [3.63, 3.8) is 0 Å². The second-order valence-corrected chi connectivity index (χ2v) is 2.16. The van der Waals surface area contributed by atoms with Gasteiger partial charge in [0.15, 0.2) is 0 Å². The molecule has 1 heterocycles.